The standard InChI is InChI=1S/C16H23BrN4O3/c1-16(2,3)24-15(23)21-6-4-5-10(9-21)7-11(22)13-14(18)19-8-12(17)20-13/h8,10H,4-7,9H2,1-3H3,(H2,18,19). The minimum Gasteiger partial charge on any atom is -0.444 e. The predicted molar refractivity (Wildman–Crippen MR) is 93.6 cm³/mol. The molecule has 1 aromatic heterocycles. The fraction of sp³-hybridized carbons (Fsp3) is 0.625. The number of rotatable bonds is 3. The molecule has 1 unspecified atom stereocenters. The topological polar surface area (TPSA) is 98.4 Å². The highest BCUT2D eigenvalue weighted by Gasteiger charge is 2.29. The van der Waals surface area contributed by atoms with Gasteiger partial charge in [0.2, 0.25) is 0 Å². The molecular weight excluding hydrogens is 376 g/mol. The molecule has 1 aliphatic heterocycles. The second-order valence-corrected chi connectivity index (χ2v) is 7.80. The van der Waals surface area contributed by atoms with Crippen molar-refractivity contribution in [3.63, 3.8) is 0 Å². The minimum absolute atomic E-state index is 0.0685. The van der Waals surface area contributed by atoms with Crippen molar-refractivity contribution < 1.29 is 14.3 Å². The van der Waals surface area contributed by atoms with E-state index in [-0.39, 0.29) is 35.7 Å². The van der Waals surface area contributed by atoms with Gasteiger partial charge in [-0.1, -0.05) is 0 Å². The summed E-state index contributed by atoms with van der Waals surface area (Å²) >= 11 is 3.20. The number of aromatic nitrogens is 2. The van der Waals surface area contributed by atoms with Crippen LogP contribution in [0.1, 0.15) is 50.5 Å². The van der Waals surface area contributed by atoms with Gasteiger partial charge in [-0.2, -0.15) is 0 Å². The number of hydrogen-bond donors (Lipinski definition) is 1. The summed E-state index contributed by atoms with van der Waals surface area (Å²) in [6.45, 7) is 6.67. The van der Waals surface area contributed by atoms with Gasteiger partial charge in [-0.05, 0) is 55.5 Å². The zero-order valence-corrected chi connectivity index (χ0v) is 15.8. The number of piperidine rings is 1. The third kappa shape index (κ3) is 5.15. The number of hydrogen-bond acceptors (Lipinski definition) is 6. The van der Waals surface area contributed by atoms with Crippen LogP contribution >= 0.6 is 15.9 Å². The normalized spacial score (nSPS) is 18.3. The molecule has 2 rings (SSSR count). The number of anilines is 1. The first kappa shape index (κ1) is 18.6. The summed E-state index contributed by atoms with van der Waals surface area (Å²) in [5.74, 6) is 0.0410. The van der Waals surface area contributed by atoms with Crippen molar-refractivity contribution in [2.45, 2.75) is 45.6 Å². The third-order valence-electron chi connectivity index (χ3n) is 3.68. The van der Waals surface area contributed by atoms with Crippen molar-refractivity contribution in [2.75, 3.05) is 18.8 Å². The van der Waals surface area contributed by atoms with E-state index in [4.69, 9.17) is 10.5 Å². The number of carbonyl (C=O) groups is 2. The maximum atomic E-state index is 12.5. The Hall–Kier alpha value is -1.70. The maximum absolute atomic E-state index is 12.5. The number of ether oxygens (including phenoxy) is 1. The lowest BCUT2D eigenvalue weighted by Crippen LogP contribution is -2.43. The molecule has 8 heteroatoms. The van der Waals surface area contributed by atoms with E-state index in [2.05, 4.69) is 25.9 Å². The molecule has 0 spiro atoms. The van der Waals surface area contributed by atoms with Gasteiger partial charge < -0.3 is 15.4 Å². The van der Waals surface area contributed by atoms with Crippen LogP contribution in [-0.4, -0.2) is 45.4 Å². The van der Waals surface area contributed by atoms with Crippen LogP contribution < -0.4 is 5.73 Å². The molecule has 24 heavy (non-hydrogen) atoms. The van der Waals surface area contributed by atoms with Crippen molar-refractivity contribution in [3.8, 4) is 0 Å². The highest BCUT2D eigenvalue weighted by Crippen LogP contribution is 2.24. The number of carbonyl (C=O) groups excluding carboxylic acids is 2. The molecule has 0 aromatic carbocycles. The van der Waals surface area contributed by atoms with Gasteiger partial charge in [0.25, 0.3) is 0 Å². The largest absolute Gasteiger partial charge is 0.444 e. The van der Waals surface area contributed by atoms with Crippen LogP contribution in [0.3, 0.4) is 0 Å². The van der Waals surface area contributed by atoms with Gasteiger partial charge in [-0.15, -0.1) is 0 Å². The van der Waals surface area contributed by atoms with E-state index in [9.17, 15) is 9.59 Å². The molecule has 1 aromatic rings. The summed E-state index contributed by atoms with van der Waals surface area (Å²) in [5.41, 5.74) is 5.39. The average molecular weight is 399 g/mol. The minimum atomic E-state index is -0.528. The molecule has 0 bridgehead atoms. The lowest BCUT2D eigenvalue weighted by atomic mass is 9.92. The Bertz CT molecular complexity index is 630. The molecule has 0 aliphatic carbocycles. The van der Waals surface area contributed by atoms with Crippen LogP contribution in [0.5, 0.6) is 0 Å². The SMILES string of the molecule is CC(C)(C)OC(=O)N1CCCC(CC(=O)c2nc(Br)cnc2N)C1. The van der Waals surface area contributed by atoms with Crippen molar-refractivity contribution in [1.29, 1.82) is 0 Å². The Morgan fingerprint density at radius 3 is 2.83 bits per heavy atom. The summed E-state index contributed by atoms with van der Waals surface area (Å²) in [4.78, 5) is 34.4. The summed E-state index contributed by atoms with van der Waals surface area (Å²) in [7, 11) is 0. The zero-order valence-electron chi connectivity index (χ0n) is 14.2. The number of halogens is 1. The van der Waals surface area contributed by atoms with Crippen molar-refractivity contribution in [2.24, 2.45) is 5.92 Å². The van der Waals surface area contributed by atoms with E-state index in [1.54, 1.807) is 4.90 Å². The van der Waals surface area contributed by atoms with E-state index >= 15 is 0 Å². The van der Waals surface area contributed by atoms with Gasteiger partial charge >= 0.3 is 6.09 Å². The summed E-state index contributed by atoms with van der Waals surface area (Å²) in [6.07, 6.45) is 3.14. The van der Waals surface area contributed by atoms with Crippen molar-refractivity contribution in [3.05, 3.63) is 16.5 Å². The monoisotopic (exact) mass is 398 g/mol. The molecule has 1 aliphatic rings. The van der Waals surface area contributed by atoms with Crippen LogP contribution in [0.15, 0.2) is 10.8 Å². The maximum Gasteiger partial charge on any atom is 0.410 e. The van der Waals surface area contributed by atoms with E-state index < -0.39 is 5.60 Å². The number of amides is 1. The molecule has 1 saturated heterocycles. The quantitative estimate of drug-likeness (QED) is 0.785. The fourth-order valence-electron chi connectivity index (χ4n) is 2.66. The highest BCUT2D eigenvalue weighted by molar-refractivity contribution is 9.10. The molecule has 0 radical (unpaired) electrons. The molecule has 1 fully saturated rings. The Kier molecular flexibility index (Phi) is 5.79. The molecule has 7 nitrogen and oxygen atoms in total. The summed E-state index contributed by atoms with van der Waals surface area (Å²) in [5, 5.41) is 0. The summed E-state index contributed by atoms with van der Waals surface area (Å²) in [6, 6.07) is 0. The van der Waals surface area contributed by atoms with Gasteiger partial charge in [-0.3, -0.25) is 4.79 Å². The Balaban J connectivity index is 1.99. The van der Waals surface area contributed by atoms with Crippen molar-refractivity contribution in [1.82, 2.24) is 14.9 Å². The van der Waals surface area contributed by atoms with Gasteiger partial charge in [0.1, 0.15) is 15.9 Å². The average Bonchev–Trinajstić information content (AvgIpc) is 2.48. The number of nitrogens with two attached hydrogens (primary N) is 1. The van der Waals surface area contributed by atoms with Gasteiger partial charge in [-0.25, -0.2) is 14.8 Å². The molecule has 132 valence electrons. The van der Waals surface area contributed by atoms with Gasteiger partial charge in [0, 0.05) is 19.5 Å². The zero-order chi connectivity index (χ0) is 17.9. The van der Waals surface area contributed by atoms with Gasteiger partial charge in [0.05, 0.1) is 6.20 Å². The summed E-state index contributed by atoms with van der Waals surface area (Å²) < 4.78 is 5.87. The first-order valence-electron chi connectivity index (χ1n) is 7.95. The molecule has 2 heterocycles. The number of nitrogens with zero attached hydrogens (tertiary/aromatic N) is 3. The molecule has 1 amide bonds. The van der Waals surface area contributed by atoms with Crippen molar-refractivity contribution >= 4 is 33.6 Å². The van der Waals surface area contributed by atoms with Crippen LogP contribution in [0.25, 0.3) is 0 Å². The Morgan fingerprint density at radius 2 is 2.17 bits per heavy atom. The van der Waals surface area contributed by atoms with Crippen LogP contribution in [-0.2, 0) is 4.74 Å². The second kappa shape index (κ2) is 7.46. The first-order valence-corrected chi connectivity index (χ1v) is 8.74. The number of likely N-dealkylation sites (tertiary alicyclic amines) is 1. The number of ketones is 1. The molecule has 1 atom stereocenters. The van der Waals surface area contributed by atoms with Crippen LogP contribution in [0, 0.1) is 5.92 Å². The lowest BCUT2D eigenvalue weighted by molar-refractivity contribution is 0.0160. The fourth-order valence-corrected chi connectivity index (χ4v) is 2.94. The lowest BCUT2D eigenvalue weighted by Gasteiger charge is -2.33. The van der Waals surface area contributed by atoms with E-state index in [1.165, 1.54) is 6.20 Å². The van der Waals surface area contributed by atoms with Gasteiger partial charge in [0.15, 0.2) is 11.6 Å². The molecule has 0 saturated carbocycles. The van der Waals surface area contributed by atoms with E-state index in [0.717, 1.165) is 12.8 Å². The smallest absolute Gasteiger partial charge is 0.410 e. The van der Waals surface area contributed by atoms with Crippen LogP contribution in [0.4, 0.5) is 10.6 Å². The Labute approximate surface area is 150 Å². The number of nitrogen functional groups attached to an aromatic ring is 1. The second-order valence-electron chi connectivity index (χ2n) is 6.99. The van der Waals surface area contributed by atoms with Crippen LogP contribution in [0.2, 0.25) is 0 Å². The predicted octanol–water partition coefficient (Wildman–Crippen LogP) is 3.04. The van der Waals surface area contributed by atoms with E-state index in [0.29, 0.717) is 17.7 Å². The molecular formula is C16H23BrN4O3. The Morgan fingerprint density at radius 1 is 1.46 bits per heavy atom. The molecule has 2 N–H and O–H groups in total. The first-order chi connectivity index (χ1) is 11.2. The number of Topliss-reactive ketones (excluding diaryl/α,β-unsaturated/α-hetero) is 1. The third-order valence-corrected chi connectivity index (χ3v) is 4.06. The van der Waals surface area contributed by atoms with E-state index in [1.807, 2.05) is 20.8 Å². The highest BCUT2D eigenvalue weighted by atomic mass is 79.9.